The van der Waals surface area contributed by atoms with Gasteiger partial charge >= 0.3 is 0 Å². The van der Waals surface area contributed by atoms with Gasteiger partial charge in [-0.2, -0.15) is 0 Å². The van der Waals surface area contributed by atoms with Crippen molar-refractivity contribution in [1.29, 1.82) is 0 Å². The summed E-state index contributed by atoms with van der Waals surface area (Å²) in [5.74, 6) is 2.83. The molecule has 0 amide bonds. The quantitative estimate of drug-likeness (QED) is 0.584. The molecule has 2 N–H and O–H groups in total. The average molecular weight is 359 g/mol. The Labute approximate surface area is 155 Å². The molecule has 0 aromatic carbocycles. The molecule has 7 heteroatoms. The van der Waals surface area contributed by atoms with Gasteiger partial charge in [-0.3, -0.25) is 4.99 Å². The highest BCUT2D eigenvalue weighted by atomic mass is 16.5. The van der Waals surface area contributed by atoms with Crippen LogP contribution in [0.3, 0.4) is 0 Å². The maximum absolute atomic E-state index is 5.77. The fraction of sp³-hybridized carbons (Fsp3) is 0.526. The molecule has 0 bridgehead atoms. The summed E-state index contributed by atoms with van der Waals surface area (Å²) in [5.41, 5.74) is 0.994. The van der Waals surface area contributed by atoms with Gasteiger partial charge in [0.15, 0.2) is 5.96 Å². The Morgan fingerprint density at radius 1 is 1.15 bits per heavy atom. The molecule has 142 valence electrons. The highest BCUT2D eigenvalue weighted by Gasteiger charge is 2.19. The van der Waals surface area contributed by atoms with Crippen molar-refractivity contribution >= 4 is 5.96 Å². The van der Waals surface area contributed by atoms with Gasteiger partial charge in [0.2, 0.25) is 11.8 Å². The summed E-state index contributed by atoms with van der Waals surface area (Å²) in [6.45, 7) is 10.1. The largest absolute Gasteiger partial charge is 0.478 e. The minimum atomic E-state index is -0.0504. The number of hydrogen-bond donors (Lipinski definition) is 2. The lowest BCUT2D eigenvalue weighted by molar-refractivity contribution is 0.305. The van der Waals surface area contributed by atoms with Crippen LogP contribution in [0, 0.1) is 0 Å². The summed E-state index contributed by atoms with van der Waals surface area (Å²) >= 11 is 0. The Morgan fingerprint density at radius 3 is 2.50 bits per heavy atom. The number of pyridine rings is 1. The number of rotatable bonds is 7. The number of oxazole rings is 1. The van der Waals surface area contributed by atoms with Crippen LogP contribution in [0.4, 0.5) is 0 Å². The normalized spacial score (nSPS) is 12.1. The van der Waals surface area contributed by atoms with Gasteiger partial charge in [-0.25, -0.2) is 9.97 Å². The SMILES string of the molecule is CCCOc1ccc(CNC(=NC)NCc2ncc(C(C)(C)C)o2)cn1. The van der Waals surface area contributed by atoms with Crippen molar-refractivity contribution in [3.05, 3.63) is 41.7 Å². The standard InChI is InChI=1S/C19H29N5O2/c1-6-9-25-16-8-7-14(10-21-16)11-23-18(20-5)24-13-17-22-12-15(26-17)19(2,3)4/h7-8,10,12H,6,9,11,13H2,1-5H3,(H2,20,23,24). The number of hydrogen-bond acceptors (Lipinski definition) is 5. The van der Waals surface area contributed by atoms with Gasteiger partial charge in [-0.15, -0.1) is 0 Å². The minimum Gasteiger partial charge on any atom is -0.478 e. The van der Waals surface area contributed by atoms with Crippen molar-refractivity contribution in [1.82, 2.24) is 20.6 Å². The van der Waals surface area contributed by atoms with Crippen LogP contribution in [-0.4, -0.2) is 29.6 Å². The summed E-state index contributed by atoms with van der Waals surface area (Å²) < 4.78 is 11.3. The Bertz CT molecular complexity index is 701. The van der Waals surface area contributed by atoms with Crippen molar-refractivity contribution < 1.29 is 9.15 Å². The van der Waals surface area contributed by atoms with Crippen molar-refractivity contribution in [2.24, 2.45) is 4.99 Å². The van der Waals surface area contributed by atoms with Crippen LogP contribution in [-0.2, 0) is 18.5 Å². The van der Waals surface area contributed by atoms with Crippen LogP contribution in [0.5, 0.6) is 5.88 Å². The molecule has 0 atom stereocenters. The molecular weight excluding hydrogens is 330 g/mol. The second kappa shape index (κ2) is 9.22. The van der Waals surface area contributed by atoms with Crippen LogP contribution in [0.1, 0.15) is 51.3 Å². The van der Waals surface area contributed by atoms with Crippen LogP contribution < -0.4 is 15.4 Å². The lowest BCUT2D eigenvalue weighted by Crippen LogP contribution is -2.36. The number of guanidine groups is 1. The molecule has 0 saturated carbocycles. The number of nitrogens with one attached hydrogen (secondary N) is 2. The summed E-state index contributed by atoms with van der Waals surface area (Å²) in [6.07, 6.45) is 4.55. The first-order chi connectivity index (χ1) is 12.4. The number of nitrogens with zero attached hydrogens (tertiary/aromatic N) is 3. The Balaban J connectivity index is 1.81. The van der Waals surface area contributed by atoms with E-state index < -0.39 is 0 Å². The molecule has 0 saturated heterocycles. The van der Waals surface area contributed by atoms with E-state index in [1.807, 2.05) is 12.1 Å². The van der Waals surface area contributed by atoms with Gasteiger partial charge in [-0.1, -0.05) is 33.8 Å². The van der Waals surface area contributed by atoms with E-state index in [-0.39, 0.29) is 5.41 Å². The van der Waals surface area contributed by atoms with E-state index in [2.05, 4.69) is 53.3 Å². The van der Waals surface area contributed by atoms with Gasteiger partial charge < -0.3 is 19.8 Å². The molecule has 0 radical (unpaired) electrons. The molecule has 2 aromatic heterocycles. The molecule has 0 unspecified atom stereocenters. The average Bonchev–Trinajstić information content (AvgIpc) is 3.10. The second-order valence-corrected chi connectivity index (χ2v) is 7.00. The summed E-state index contributed by atoms with van der Waals surface area (Å²) in [6, 6.07) is 3.87. The Morgan fingerprint density at radius 2 is 1.92 bits per heavy atom. The van der Waals surface area contributed by atoms with Crippen LogP contribution >= 0.6 is 0 Å². The topological polar surface area (TPSA) is 84.6 Å². The third-order valence-electron chi connectivity index (χ3n) is 3.64. The molecular formula is C19H29N5O2. The first-order valence-electron chi connectivity index (χ1n) is 8.89. The molecule has 2 rings (SSSR count). The van der Waals surface area contributed by atoms with E-state index in [9.17, 15) is 0 Å². The van der Waals surface area contributed by atoms with Crippen molar-refractivity contribution in [3.63, 3.8) is 0 Å². The third-order valence-corrected chi connectivity index (χ3v) is 3.64. The van der Waals surface area contributed by atoms with Gasteiger partial charge in [0.25, 0.3) is 0 Å². The predicted octanol–water partition coefficient (Wildman–Crippen LogP) is 3.02. The van der Waals surface area contributed by atoms with Gasteiger partial charge in [0, 0.05) is 31.3 Å². The van der Waals surface area contributed by atoms with E-state index >= 15 is 0 Å². The van der Waals surface area contributed by atoms with Crippen LogP contribution in [0.15, 0.2) is 33.9 Å². The zero-order valence-electron chi connectivity index (χ0n) is 16.3. The zero-order valence-corrected chi connectivity index (χ0v) is 16.3. The Hall–Kier alpha value is -2.57. The fourth-order valence-corrected chi connectivity index (χ4v) is 2.11. The first kappa shape index (κ1) is 19.8. The van der Waals surface area contributed by atoms with Gasteiger partial charge in [0.05, 0.1) is 19.3 Å². The van der Waals surface area contributed by atoms with Crippen molar-refractivity contribution in [2.45, 2.75) is 52.6 Å². The maximum Gasteiger partial charge on any atom is 0.213 e. The summed E-state index contributed by atoms with van der Waals surface area (Å²) in [4.78, 5) is 12.8. The summed E-state index contributed by atoms with van der Waals surface area (Å²) in [7, 11) is 1.73. The lowest BCUT2D eigenvalue weighted by atomic mass is 9.94. The minimum absolute atomic E-state index is 0.0504. The monoisotopic (exact) mass is 359 g/mol. The molecule has 0 spiro atoms. The summed E-state index contributed by atoms with van der Waals surface area (Å²) in [5, 5.41) is 6.44. The highest BCUT2D eigenvalue weighted by Crippen LogP contribution is 2.22. The van der Waals surface area contributed by atoms with Crippen molar-refractivity contribution in [3.8, 4) is 5.88 Å². The first-order valence-corrected chi connectivity index (χ1v) is 8.89. The molecule has 0 aliphatic heterocycles. The van der Waals surface area contributed by atoms with Crippen molar-refractivity contribution in [2.75, 3.05) is 13.7 Å². The lowest BCUT2D eigenvalue weighted by Gasteiger charge is -2.13. The second-order valence-electron chi connectivity index (χ2n) is 7.00. The highest BCUT2D eigenvalue weighted by molar-refractivity contribution is 5.79. The number of aromatic nitrogens is 2. The molecule has 7 nitrogen and oxygen atoms in total. The van der Waals surface area contributed by atoms with E-state index in [1.165, 1.54) is 0 Å². The molecule has 0 aliphatic carbocycles. The van der Waals surface area contributed by atoms with E-state index in [0.717, 1.165) is 17.7 Å². The predicted molar refractivity (Wildman–Crippen MR) is 102 cm³/mol. The fourth-order valence-electron chi connectivity index (χ4n) is 2.11. The van der Waals surface area contributed by atoms with Gasteiger partial charge in [-0.05, 0) is 12.0 Å². The van der Waals surface area contributed by atoms with Gasteiger partial charge in [0.1, 0.15) is 5.76 Å². The number of aliphatic imine (C=N–C) groups is 1. The molecule has 2 heterocycles. The molecule has 26 heavy (non-hydrogen) atoms. The van der Waals surface area contributed by atoms with E-state index in [4.69, 9.17) is 9.15 Å². The number of ether oxygens (including phenoxy) is 1. The van der Waals surface area contributed by atoms with Crippen LogP contribution in [0.2, 0.25) is 0 Å². The zero-order chi connectivity index (χ0) is 19.0. The molecule has 0 aliphatic rings. The maximum atomic E-state index is 5.77. The van der Waals surface area contributed by atoms with Crippen LogP contribution in [0.25, 0.3) is 0 Å². The third kappa shape index (κ3) is 6.06. The molecule has 2 aromatic rings. The smallest absolute Gasteiger partial charge is 0.213 e. The molecule has 0 fully saturated rings. The van der Waals surface area contributed by atoms with E-state index in [0.29, 0.717) is 37.4 Å². The van der Waals surface area contributed by atoms with E-state index in [1.54, 1.807) is 19.4 Å². The Kier molecular flexibility index (Phi) is 7.00.